The zero-order valence-electron chi connectivity index (χ0n) is 18.0. The molecule has 154 valence electrons. The van der Waals surface area contributed by atoms with Crippen LogP contribution in [0.2, 0.25) is 0 Å². The van der Waals surface area contributed by atoms with Gasteiger partial charge in [-0.1, -0.05) is 0 Å². The molecule has 0 aromatic rings. The zero-order chi connectivity index (χ0) is 21.0. The predicted molar refractivity (Wildman–Crippen MR) is 80.1 cm³/mol. The fraction of sp³-hybridized carbons (Fsp3) is 0.643. The molecule has 0 aliphatic heterocycles. The van der Waals surface area contributed by atoms with E-state index in [-0.39, 0.29) is 138 Å². The third-order valence-electron chi connectivity index (χ3n) is 3.23. The number of carboxylic acids is 5. The van der Waals surface area contributed by atoms with Gasteiger partial charge in [0, 0.05) is 58.9 Å². The molecule has 13 nitrogen and oxygen atoms in total. The van der Waals surface area contributed by atoms with Gasteiger partial charge in [0.25, 0.3) is 0 Å². The second kappa shape index (κ2) is 24.1. The van der Waals surface area contributed by atoms with E-state index in [1.807, 2.05) is 0 Å². The van der Waals surface area contributed by atoms with E-state index in [0.29, 0.717) is 0 Å². The van der Waals surface area contributed by atoms with Crippen LogP contribution in [-0.4, -0.2) is 127 Å². The first-order valence-electron chi connectivity index (χ1n) is 7.66. The van der Waals surface area contributed by atoms with Crippen molar-refractivity contribution in [3.63, 3.8) is 0 Å². The van der Waals surface area contributed by atoms with Crippen molar-refractivity contribution in [3.8, 4) is 0 Å². The molecule has 0 atom stereocenters. The summed E-state index contributed by atoms with van der Waals surface area (Å²) in [4.78, 5) is 56.4. The topological polar surface area (TPSA) is 210 Å². The molecule has 0 unspecified atom stereocenters. The van der Waals surface area contributed by atoms with Gasteiger partial charge in [-0.15, -0.1) is 0 Å². The maximum absolute atomic E-state index is 10.8. The molecule has 0 aliphatic carbocycles. The second-order valence-corrected chi connectivity index (χ2v) is 5.56. The van der Waals surface area contributed by atoms with Gasteiger partial charge in [-0.25, -0.2) is 0 Å². The summed E-state index contributed by atoms with van der Waals surface area (Å²) in [7, 11) is 0. The molecule has 0 saturated carbocycles. The number of rotatable bonds is 16. The Labute approximate surface area is 261 Å². The third-order valence-corrected chi connectivity index (χ3v) is 3.23. The Morgan fingerprint density at radius 1 is 0.419 bits per heavy atom. The van der Waals surface area contributed by atoms with Crippen molar-refractivity contribution in [1.82, 2.24) is 14.7 Å². The molecule has 0 spiro atoms. The molecule has 0 heterocycles. The van der Waals surface area contributed by atoms with Crippen LogP contribution in [0.25, 0.3) is 0 Å². The van der Waals surface area contributed by atoms with Crippen molar-refractivity contribution < 1.29 is 138 Å². The van der Waals surface area contributed by atoms with Crippen LogP contribution in [0.1, 0.15) is 0 Å². The monoisotopic (exact) mass is 481 g/mol. The minimum absolute atomic E-state index is 0. The first-order valence-corrected chi connectivity index (χ1v) is 7.66. The largest absolute Gasteiger partial charge is 2.00 e. The number of nitrogens with zero attached hydrogens (tertiary/aromatic N) is 3. The summed E-state index contributed by atoms with van der Waals surface area (Å²) in [6, 6.07) is 0. The van der Waals surface area contributed by atoms with Gasteiger partial charge in [-0.05, 0) is 0 Å². The normalized spacial score (nSPS) is 9.65. The van der Waals surface area contributed by atoms with Gasteiger partial charge >= 0.3 is 112 Å². The summed E-state index contributed by atoms with van der Waals surface area (Å²) in [5, 5.41) is 53.3. The fourth-order valence-electron chi connectivity index (χ4n) is 2.18. The SMILES string of the molecule is O=C([O-])CN(CCN(CC(=O)[O-])CC(=O)[O-])CCN(CC(=O)[O-])CC(=O)[O-].[Mg+2].[Na+].[Na+].[Na+]. The molecule has 17 heteroatoms. The van der Waals surface area contributed by atoms with Crippen LogP contribution in [0.4, 0.5) is 0 Å². The van der Waals surface area contributed by atoms with E-state index < -0.39 is 62.6 Å². The number of carbonyl (C=O) groups is 5. The van der Waals surface area contributed by atoms with Crippen LogP contribution < -0.4 is 114 Å². The number of hydrogen-bond donors (Lipinski definition) is 0. The molecule has 0 saturated heterocycles. The molecule has 0 radical (unpaired) electrons. The van der Waals surface area contributed by atoms with E-state index in [1.54, 1.807) is 0 Å². The van der Waals surface area contributed by atoms with Gasteiger partial charge in [0.15, 0.2) is 0 Å². The minimum atomic E-state index is -1.54. The fourth-order valence-corrected chi connectivity index (χ4v) is 2.18. The summed E-state index contributed by atoms with van der Waals surface area (Å²) >= 11 is 0. The summed E-state index contributed by atoms with van der Waals surface area (Å²) in [5.74, 6) is -7.67. The van der Waals surface area contributed by atoms with Crippen molar-refractivity contribution in [2.75, 3.05) is 58.9 Å². The van der Waals surface area contributed by atoms with E-state index in [0.717, 1.165) is 9.80 Å². The average molecular weight is 482 g/mol. The van der Waals surface area contributed by atoms with E-state index in [1.165, 1.54) is 4.90 Å². The molecule has 0 rings (SSSR count). The second-order valence-electron chi connectivity index (χ2n) is 5.56. The van der Waals surface area contributed by atoms with E-state index >= 15 is 0 Å². The van der Waals surface area contributed by atoms with E-state index in [9.17, 15) is 49.5 Å². The molecule has 0 fully saturated rings. The minimum Gasteiger partial charge on any atom is -0.549 e. The van der Waals surface area contributed by atoms with Crippen molar-refractivity contribution in [2.24, 2.45) is 0 Å². The summed E-state index contributed by atoms with van der Waals surface area (Å²) < 4.78 is 0. The van der Waals surface area contributed by atoms with Crippen LogP contribution in [0.15, 0.2) is 0 Å². The molecule has 0 aromatic carbocycles. The number of carboxylic acid groups (broad SMARTS) is 5. The van der Waals surface area contributed by atoms with Crippen molar-refractivity contribution >= 4 is 52.9 Å². The Morgan fingerprint density at radius 3 is 0.774 bits per heavy atom. The molecule has 0 N–H and O–H groups in total. The molecular weight excluding hydrogens is 463 g/mol. The molecule has 0 aliphatic rings. The van der Waals surface area contributed by atoms with Gasteiger partial charge < -0.3 is 49.5 Å². The van der Waals surface area contributed by atoms with Gasteiger partial charge in [-0.3, -0.25) is 14.7 Å². The first-order chi connectivity index (χ1) is 12.5. The summed E-state index contributed by atoms with van der Waals surface area (Å²) in [5.41, 5.74) is 0. The summed E-state index contributed by atoms with van der Waals surface area (Å²) in [6.45, 7) is -4.16. The number of aliphatic carboxylic acids is 5. The Morgan fingerprint density at radius 2 is 0.581 bits per heavy atom. The van der Waals surface area contributed by atoms with Gasteiger partial charge in [-0.2, -0.15) is 0 Å². The maximum atomic E-state index is 10.8. The predicted octanol–water partition coefficient (Wildman–Crippen LogP) is -18.7. The van der Waals surface area contributed by atoms with Crippen LogP contribution in [-0.2, 0) is 24.0 Å². The average Bonchev–Trinajstić information content (AvgIpc) is 2.46. The molecule has 31 heavy (non-hydrogen) atoms. The standard InChI is InChI=1S/C14H23N3O10.Mg.3Na/c18-10(19)5-15(1-3-16(6-11(20)21)7-12(22)23)2-4-17(8-13(24)25)9-14(26)27;;;;/h1-9H2,(H,18,19)(H,20,21)(H,22,23)(H,24,25)(H,26,27);;;;/q;+2;3*+1/p-5. The van der Waals surface area contributed by atoms with Gasteiger partial charge in [0.1, 0.15) is 0 Å². The Kier molecular flexibility index (Phi) is 32.8. The molecular formula is C14H18MgN3Na3O10. The zero-order valence-corrected chi connectivity index (χ0v) is 25.4. The Hall–Kier alpha value is 0.996. The maximum Gasteiger partial charge on any atom is 2.00 e. The Bertz CT molecular complexity index is 502. The van der Waals surface area contributed by atoms with Crippen LogP contribution in [0.5, 0.6) is 0 Å². The summed E-state index contributed by atoms with van der Waals surface area (Å²) in [6.07, 6.45) is 0. The molecule has 0 aromatic heterocycles. The van der Waals surface area contributed by atoms with Crippen LogP contribution in [0.3, 0.4) is 0 Å². The van der Waals surface area contributed by atoms with Gasteiger partial charge in [0.05, 0.1) is 29.8 Å². The smallest absolute Gasteiger partial charge is 0.549 e. The van der Waals surface area contributed by atoms with E-state index in [2.05, 4.69) is 0 Å². The third kappa shape index (κ3) is 27.1. The van der Waals surface area contributed by atoms with Crippen LogP contribution in [0, 0.1) is 0 Å². The Balaban J connectivity index is -0.000000563. The van der Waals surface area contributed by atoms with Crippen molar-refractivity contribution in [2.45, 2.75) is 0 Å². The molecule has 0 bridgehead atoms. The van der Waals surface area contributed by atoms with Gasteiger partial charge in [0.2, 0.25) is 0 Å². The van der Waals surface area contributed by atoms with Crippen LogP contribution >= 0.6 is 0 Å². The quantitative estimate of drug-likeness (QED) is 0.188. The first kappa shape index (κ1) is 42.2. The molecule has 0 amide bonds. The number of hydrogen-bond acceptors (Lipinski definition) is 13. The van der Waals surface area contributed by atoms with E-state index in [4.69, 9.17) is 0 Å². The van der Waals surface area contributed by atoms with Crippen molar-refractivity contribution in [3.05, 3.63) is 0 Å². The number of carbonyl (C=O) groups excluding carboxylic acids is 5. The van der Waals surface area contributed by atoms with Crippen molar-refractivity contribution in [1.29, 1.82) is 0 Å².